The highest BCUT2D eigenvalue weighted by atomic mass is 16.5. The Labute approximate surface area is 145 Å². The van der Waals surface area contributed by atoms with Crippen molar-refractivity contribution in [1.82, 2.24) is 0 Å². The first-order valence-corrected chi connectivity index (χ1v) is 7.80. The third-order valence-corrected chi connectivity index (χ3v) is 3.24. The van der Waals surface area contributed by atoms with Gasteiger partial charge in [-0.05, 0) is 25.5 Å². The molecule has 2 aromatic carbocycles. The van der Waals surface area contributed by atoms with E-state index in [0.717, 1.165) is 11.3 Å². The van der Waals surface area contributed by atoms with Gasteiger partial charge >= 0.3 is 0 Å². The first kappa shape index (κ1) is 19.4. The second-order valence-corrected chi connectivity index (χ2v) is 4.86. The molecule has 0 aliphatic carbocycles. The summed E-state index contributed by atoms with van der Waals surface area (Å²) < 4.78 is 15.6. The Bertz CT molecular complexity index is 658. The smallest absolute Gasteiger partial charge is 0.164 e. The standard InChI is InChI=1S/C12H16O3.C9H10/c1-5-6-9-7-11(14-3)12(15-4)8-10(9)13-2;1-2-6-9-7-4-3-5-8-9/h5-8H,1-4H3;2-8H,1H3/b6-5+;6-2+. The van der Waals surface area contributed by atoms with E-state index in [0.29, 0.717) is 11.5 Å². The monoisotopic (exact) mass is 326 g/mol. The molecule has 0 unspecified atom stereocenters. The molecule has 0 aliphatic heterocycles. The Morgan fingerprint density at radius 2 is 1.21 bits per heavy atom. The fourth-order valence-electron chi connectivity index (χ4n) is 2.12. The quantitative estimate of drug-likeness (QED) is 0.729. The number of allylic oxidation sites excluding steroid dienone is 2. The fraction of sp³-hybridized carbons (Fsp3) is 0.238. The number of benzene rings is 2. The lowest BCUT2D eigenvalue weighted by Crippen LogP contribution is -1.94. The van der Waals surface area contributed by atoms with E-state index in [1.807, 2.05) is 62.4 Å². The molecule has 0 fully saturated rings. The Kier molecular flexibility index (Phi) is 8.84. The molecular weight excluding hydrogens is 300 g/mol. The first-order valence-electron chi connectivity index (χ1n) is 7.80. The summed E-state index contributed by atoms with van der Waals surface area (Å²) >= 11 is 0. The lowest BCUT2D eigenvalue weighted by molar-refractivity contribution is 0.348. The molecule has 128 valence electrons. The van der Waals surface area contributed by atoms with E-state index in [-0.39, 0.29) is 0 Å². The molecule has 0 amide bonds. The molecule has 3 nitrogen and oxygen atoms in total. The van der Waals surface area contributed by atoms with Crippen LogP contribution in [0.5, 0.6) is 17.2 Å². The van der Waals surface area contributed by atoms with Gasteiger partial charge in [0, 0.05) is 11.6 Å². The van der Waals surface area contributed by atoms with Gasteiger partial charge in [0.25, 0.3) is 0 Å². The van der Waals surface area contributed by atoms with Gasteiger partial charge in [0.15, 0.2) is 11.5 Å². The highest BCUT2D eigenvalue weighted by Gasteiger charge is 2.09. The molecule has 2 aromatic rings. The van der Waals surface area contributed by atoms with Crippen LogP contribution in [0.4, 0.5) is 0 Å². The Balaban J connectivity index is 0.000000272. The number of hydrogen-bond donors (Lipinski definition) is 0. The number of rotatable bonds is 5. The maximum Gasteiger partial charge on any atom is 0.164 e. The van der Waals surface area contributed by atoms with E-state index < -0.39 is 0 Å². The zero-order valence-corrected chi connectivity index (χ0v) is 15.1. The van der Waals surface area contributed by atoms with Gasteiger partial charge in [-0.15, -0.1) is 0 Å². The molecule has 24 heavy (non-hydrogen) atoms. The molecule has 0 atom stereocenters. The number of methoxy groups -OCH3 is 3. The molecule has 0 spiro atoms. The summed E-state index contributed by atoms with van der Waals surface area (Å²) in [5.41, 5.74) is 2.23. The van der Waals surface area contributed by atoms with Gasteiger partial charge in [-0.3, -0.25) is 0 Å². The second-order valence-electron chi connectivity index (χ2n) is 4.86. The summed E-state index contributed by atoms with van der Waals surface area (Å²) in [4.78, 5) is 0. The zero-order valence-electron chi connectivity index (χ0n) is 15.1. The van der Waals surface area contributed by atoms with Crippen molar-refractivity contribution >= 4 is 12.2 Å². The van der Waals surface area contributed by atoms with Gasteiger partial charge in [-0.2, -0.15) is 0 Å². The summed E-state index contributed by atoms with van der Waals surface area (Å²) in [7, 11) is 4.85. The third kappa shape index (κ3) is 5.84. The van der Waals surface area contributed by atoms with Crippen LogP contribution in [-0.2, 0) is 0 Å². The highest BCUT2D eigenvalue weighted by Crippen LogP contribution is 2.35. The van der Waals surface area contributed by atoms with Gasteiger partial charge in [0.05, 0.1) is 21.3 Å². The Morgan fingerprint density at radius 1 is 0.667 bits per heavy atom. The van der Waals surface area contributed by atoms with Crippen molar-refractivity contribution in [2.75, 3.05) is 21.3 Å². The molecular formula is C21H26O3. The van der Waals surface area contributed by atoms with Gasteiger partial charge in [0.1, 0.15) is 5.75 Å². The van der Waals surface area contributed by atoms with E-state index in [1.54, 1.807) is 21.3 Å². The van der Waals surface area contributed by atoms with Gasteiger partial charge in [0.2, 0.25) is 0 Å². The number of ether oxygens (including phenoxy) is 3. The lowest BCUT2D eigenvalue weighted by Gasteiger charge is -2.11. The summed E-state index contributed by atoms with van der Waals surface area (Å²) in [5.74, 6) is 2.14. The predicted molar refractivity (Wildman–Crippen MR) is 102 cm³/mol. The van der Waals surface area contributed by atoms with E-state index in [2.05, 4.69) is 18.2 Å². The van der Waals surface area contributed by atoms with Crippen molar-refractivity contribution in [1.29, 1.82) is 0 Å². The van der Waals surface area contributed by atoms with Gasteiger partial charge in [-0.25, -0.2) is 0 Å². The average molecular weight is 326 g/mol. The van der Waals surface area contributed by atoms with Crippen LogP contribution >= 0.6 is 0 Å². The van der Waals surface area contributed by atoms with Crippen LogP contribution in [0.15, 0.2) is 54.6 Å². The van der Waals surface area contributed by atoms with Crippen LogP contribution in [-0.4, -0.2) is 21.3 Å². The van der Waals surface area contributed by atoms with E-state index in [4.69, 9.17) is 14.2 Å². The van der Waals surface area contributed by atoms with Crippen molar-refractivity contribution in [2.45, 2.75) is 13.8 Å². The van der Waals surface area contributed by atoms with E-state index >= 15 is 0 Å². The van der Waals surface area contributed by atoms with Crippen LogP contribution < -0.4 is 14.2 Å². The minimum atomic E-state index is 0.669. The molecule has 0 bridgehead atoms. The molecule has 0 radical (unpaired) electrons. The minimum absolute atomic E-state index is 0.669. The van der Waals surface area contributed by atoms with Gasteiger partial charge in [-0.1, -0.05) is 54.6 Å². The maximum absolute atomic E-state index is 5.25. The van der Waals surface area contributed by atoms with Crippen molar-refractivity contribution < 1.29 is 14.2 Å². The Hall–Kier alpha value is -2.68. The average Bonchev–Trinajstić information content (AvgIpc) is 2.63. The highest BCUT2D eigenvalue weighted by molar-refractivity contribution is 5.63. The molecule has 0 aliphatic rings. The van der Waals surface area contributed by atoms with Crippen LogP contribution in [0.1, 0.15) is 25.0 Å². The van der Waals surface area contributed by atoms with Gasteiger partial charge < -0.3 is 14.2 Å². The first-order chi connectivity index (χ1) is 11.7. The van der Waals surface area contributed by atoms with Crippen LogP contribution in [0.25, 0.3) is 12.2 Å². The van der Waals surface area contributed by atoms with E-state index in [1.165, 1.54) is 5.56 Å². The fourth-order valence-corrected chi connectivity index (χ4v) is 2.12. The zero-order chi connectivity index (χ0) is 17.8. The lowest BCUT2D eigenvalue weighted by atomic mass is 10.1. The van der Waals surface area contributed by atoms with Crippen molar-refractivity contribution in [3.8, 4) is 17.2 Å². The summed E-state index contributed by atoms with van der Waals surface area (Å²) in [6.45, 7) is 3.98. The summed E-state index contributed by atoms with van der Waals surface area (Å²) in [6.07, 6.45) is 8.03. The molecule has 0 saturated heterocycles. The maximum atomic E-state index is 5.25. The van der Waals surface area contributed by atoms with Crippen molar-refractivity contribution in [3.63, 3.8) is 0 Å². The van der Waals surface area contributed by atoms with Crippen LogP contribution in [0.2, 0.25) is 0 Å². The summed E-state index contributed by atoms with van der Waals surface area (Å²) in [5, 5.41) is 0. The van der Waals surface area contributed by atoms with Crippen molar-refractivity contribution in [3.05, 3.63) is 65.7 Å². The van der Waals surface area contributed by atoms with Crippen LogP contribution in [0.3, 0.4) is 0 Å². The topological polar surface area (TPSA) is 27.7 Å². The molecule has 0 N–H and O–H groups in total. The largest absolute Gasteiger partial charge is 0.496 e. The van der Waals surface area contributed by atoms with E-state index in [9.17, 15) is 0 Å². The molecule has 3 heteroatoms. The third-order valence-electron chi connectivity index (χ3n) is 3.24. The molecule has 0 heterocycles. The van der Waals surface area contributed by atoms with Crippen molar-refractivity contribution in [2.24, 2.45) is 0 Å². The van der Waals surface area contributed by atoms with Crippen LogP contribution in [0, 0.1) is 0 Å². The normalized spacial score (nSPS) is 10.4. The molecule has 0 aromatic heterocycles. The Morgan fingerprint density at radius 3 is 1.71 bits per heavy atom. The molecule has 2 rings (SSSR count). The predicted octanol–water partition coefficient (Wildman–Crippen LogP) is 5.47. The summed E-state index contributed by atoms with van der Waals surface area (Å²) in [6, 6.07) is 14.0. The SMILES string of the molecule is C/C=C/c1cc(OC)c(OC)cc1OC.C/C=C/c1ccccc1. The second kappa shape index (κ2) is 10.9. The number of hydrogen-bond acceptors (Lipinski definition) is 3. The minimum Gasteiger partial charge on any atom is -0.496 e. The molecule has 0 saturated carbocycles.